The van der Waals surface area contributed by atoms with Crippen molar-refractivity contribution in [3.8, 4) is 0 Å². The Labute approximate surface area is 147 Å². The van der Waals surface area contributed by atoms with Gasteiger partial charge in [0.15, 0.2) is 0 Å². The maximum Gasteiger partial charge on any atom is 0.228 e. The third-order valence-corrected chi connectivity index (χ3v) is 4.71. The predicted octanol–water partition coefficient (Wildman–Crippen LogP) is 4.66. The van der Waals surface area contributed by atoms with Gasteiger partial charge in [-0.25, -0.2) is 0 Å². The van der Waals surface area contributed by atoms with E-state index in [1.807, 2.05) is 54.7 Å². The summed E-state index contributed by atoms with van der Waals surface area (Å²) >= 11 is 3.52. The number of carbonyl (C=O) groups excluding carboxylic acids is 1. The molecular weight excluding hydrogens is 366 g/mol. The summed E-state index contributed by atoms with van der Waals surface area (Å²) in [5, 5.41) is 5.03. The third-order valence-electron chi connectivity index (χ3n) is 4.02. The van der Waals surface area contributed by atoms with E-state index in [4.69, 9.17) is 0 Å². The van der Waals surface area contributed by atoms with Crippen LogP contribution in [-0.2, 0) is 11.2 Å². The Morgan fingerprint density at radius 2 is 1.92 bits per heavy atom. The van der Waals surface area contributed by atoms with Crippen molar-refractivity contribution in [1.29, 1.82) is 0 Å². The number of amides is 1. The van der Waals surface area contributed by atoms with Crippen molar-refractivity contribution in [2.45, 2.75) is 6.42 Å². The number of para-hydroxylation sites is 1. The van der Waals surface area contributed by atoms with Crippen LogP contribution in [0.2, 0.25) is 0 Å². The highest BCUT2D eigenvalue weighted by molar-refractivity contribution is 9.10. The quantitative estimate of drug-likeness (QED) is 0.543. The predicted molar refractivity (Wildman–Crippen MR) is 100 cm³/mol. The van der Waals surface area contributed by atoms with Crippen LogP contribution in [0.5, 0.6) is 0 Å². The van der Waals surface area contributed by atoms with Crippen LogP contribution in [0, 0.1) is 0 Å². The van der Waals surface area contributed by atoms with Crippen molar-refractivity contribution >= 4 is 49.3 Å². The number of halogens is 1. The standard InChI is InChI=1S/C19H14BrN3O/c20-15-7-8-17(19-14(15)5-3-9-21-19)23-18(24)10-12-11-22-16-6-2-1-4-13(12)16/h1-9,11,22H,10H2,(H,23,24). The number of benzene rings is 2. The van der Waals surface area contributed by atoms with E-state index in [2.05, 4.69) is 31.2 Å². The molecule has 0 fully saturated rings. The average molecular weight is 380 g/mol. The van der Waals surface area contributed by atoms with Gasteiger partial charge in [-0.1, -0.05) is 40.2 Å². The van der Waals surface area contributed by atoms with Gasteiger partial charge < -0.3 is 10.3 Å². The molecule has 0 saturated heterocycles. The van der Waals surface area contributed by atoms with Crippen molar-refractivity contribution in [2.75, 3.05) is 5.32 Å². The Balaban J connectivity index is 1.62. The van der Waals surface area contributed by atoms with E-state index in [-0.39, 0.29) is 5.91 Å². The first-order valence-electron chi connectivity index (χ1n) is 7.60. The van der Waals surface area contributed by atoms with Gasteiger partial charge in [0.2, 0.25) is 5.91 Å². The third kappa shape index (κ3) is 2.67. The monoisotopic (exact) mass is 379 g/mol. The van der Waals surface area contributed by atoms with Crippen LogP contribution in [0.1, 0.15) is 5.56 Å². The Kier molecular flexibility index (Phi) is 3.78. The van der Waals surface area contributed by atoms with Gasteiger partial charge in [0.25, 0.3) is 0 Å². The molecule has 2 aromatic heterocycles. The highest BCUT2D eigenvalue weighted by Crippen LogP contribution is 2.28. The number of rotatable bonds is 3. The fourth-order valence-electron chi connectivity index (χ4n) is 2.88. The smallest absolute Gasteiger partial charge is 0.228 e. The zero-order chi connectivity index (χ0) is 16.5. The second-order valence-corrected chi connectivity index (χ2v) is 6.43. The first-order chi connectivity index (χ1) is 11.7. The number of pyridine rings is 1. The lowest BCUT2D eigenvalue weighted by Crippen LogP contribution is -2.14. The average Bonchev–Trinajstić information content (AvgIpc) is 3.01. The van der Waals surface area contributed by atoms with Crippen LogP contribution in [0.25, 0.3) is 21.8 Å². The maximum absolute atomic E-state index is 12.5. The topological polar surface area (TPSA) is 57.8 Å². The van der Waals surface area contributed by atoms with Crippen molar-refractivity contribution in [1.82, 2.24) is 9.97 Å². The molecular formula is C19H14BrN3O. The number of anilines is 1. The Morgan fingerprint density at radius 1 is 1.08 bits per heavy atom. The van der Waals surface area contributed by atoms with Gasteiger partial charge in [0.05, 0.1) is 17.6 Å². The van der Waals surface area contributed by atoms with Crippen LogP contribution >= 0.6 is 15.9 Å². The van der Waals surface area contributed by atoms with Crippen molar-refractivity contribution in [3.63, 3.8) is 0 Å². The van der Waals surface area contributed by atoms with E-state index in [0.29, 0.717) is 6.42 Å². The van der Waals surface area contributed by atoms with Gasteiger partial charge in [-0.3, -0.25) is 9.78 Å². The highest BCUT2D eigenvalue weighted by Gasteiger charge is 2.11. The lowest BCUT2D eigenvalue weighted by Gasteiger charge is -2.09. The summed E-state index contributed by atoms with van der Waals surface area (Å²) in [7, 11) is 0. The molecule has 4 aromatic rings. The van der Waals surface area contributed by atoms with Crippen LogP contribution in [0.3, 0.4) is 0 Å². The second-order valence-electron chi connectivity index (χ2n) is 5.58. The Morgan fingerprint density at radius 3 is 2.83 bits per heavy atom. The molecule has 0 aliphatic carbocycles. The first-order valence-corrected chi connectivity index (χ1v) is 8.40. The molecule has 0 aliphatic heterocycles. The zero-order valence-electron chi connectivity index (χ0n) is 12.7. The summed E-state index contributed by atoms with van der Waals surface area (Å²) in [6.45, 7) is 0. The molecule has 4 nitrogen and oxygen atoms in total. The normalized spacial score (nSPS) is 11.0. The number of hydrogen-bond acceptors (Lipinski definition) is 2. The summed E-state index contributed by atoms with van der Waals surface area (Å²) in [5.41, 5.74) is 3.52. The van der Waals surface area contributed by atoms with Gasteiger partial charge in [-0.15, -0.1) is 0 Å². The maximum atomic E-state index is 12.5. The number of hydrogen-bond donors (Lipinski definition) is 2. The summed E-state index contributed by atoms with van der Waals surface area (Å²) in [6, 6.07) is 15.6. The molecule has 2 heterocycles. The zero-order valence-corrected chi connectivity index (χ0v) is 14.3. The van der Waals surface area contributed by atoms with E-state index in [1.54, 1.807) is 6.20 Å². The molecule has 0 radical (unpaired) electrons. The molecule has 0 unspecified atom stereocenters. The van der Waals surface area contributed by atoms with Crippen molar-refractivity contribution in [3.05, 3.63) is 71.0 Å². The second kappa shape index (κ2) is 6.09. The summed E-state index contributed by atoms with van der Waals surface area (Å²) in [6.07, 6.45) is 3.93. The number of H-pyrrole nitrogens is 1. The molecule has 0 saturated carbocycles. The fourth-order valence-corrected chi connectivity index (χ4v) is 3.34. The van der Waals surface area contributed by atoms with Crippen LogP contribution in [0.4, 0.5) is 5.69 Å². The first kappa shape index (κ1) is 14.9. The SMILES string of the molecule is O=C(Cc1c[nH]c2ccccc12)Nc1ccc(Br)c2cccnc12. The van der Waals surface area contributed by atoms with E-state index in [0.717, 1.165) is 37.5 Å². The van der Waals surface area contributed by atoms with Gasteiger partial charge in [0, 0.05) is 33.2 Å². The minimum atomic E-state index is -0.0611. The minimum absolute atomic E-state index is 0.0611. The van der Waals surface area contributed by atoms with Gasteiger partial charge in [0.1, 0.15) is 0 Å². The van der Waals surface area contributed by atoms with Crippen LogP contribution < -0.4 is 5.32 Å². The number of aromatic amines is 1. The number of fused-ring (bicyclic) bond motifs is 2. The van der Waals surface area contributed by atoms with E-state index < -0.39 is 0 Å². The summed E-state index contributed by atoms with van der Waals surface area (Å²) < 4.78 is 0.959. The largest absolute Gasteiger partial charge is 0.361 e. The van der Waals surface area contributed by atoms with Crippen LogP contribution in [0.15, 0.2) is 65.4 Å². The van der Waals surface area contributed by atoms with E-state index in [9.17, 15) is 4.79 Å². The molecule has 2 aromatic carbocycles. The molecule has 0 aliphatic rings. The molecule has 24 heavy (non-hydrogen) atoms. The molecule has 2 N–H and O–H groups in total. The molecule has 5 heteroatoms. The van der Waals surface area contributed by atoms with Gasteiger partial charge >= 0.3 is 0 Å². The highest BCUT2D eigenvalue weighted by atomic mass is 79.9. The number of carbonyl (C=O) groups is 1. The minimum Gasteiger partial charge on any atom is -0.361 e. The van der Waals surface area contributed by atoms with Crippen molar-refractivity contribution in [2.24, 2.45) is 0 Å². The number of aromatic nitrogens is 2. The summed E-state index contributed by atoms with van der Waals surface area (Å²) in [5.74, 6) is -0.0611. The molecule has 0 bridgehead atoms. The number of nitrogens with one attached hydrogen (secondary N) is 2. The van der Waals surface area contributed by atoms with Crippen molar-refractivity contribution < 1.29 is 4.79 Å². The summed E-state index contributed by atoms with van der Waals surface area (Å²) in [4.78, 5) is 20.1. The molecule has 4 rings (SSSR count). The van der Waals surface area contributed by atoms with E-state index >= 15 is 0 Å². The fraction of sp³-hybridized carbons (Fsp3) is 0.0526. The Bertz CT molecular complexity index is 1050. The Hall–Kier alpha value is -2.66. The number of nitrogens with zero attached hydrogens (tertiary/aromatic N) is 1. The van der Waals surface area contributed by atoms with Crippen LogP contribution in [-0.4, -0.2) is 15.9 Å². The molecule has 0 spiro atoms. The molecule has 118 valence electrons. The van der Waals surface area contributed by atoms with E-state index in [1.165, 1.54) is 0 Å². The lowest BCUT2D eigenvalue weighted by atomic mass is 10.1. The molecule has 0 atom stereocenters. The van der Waals surface area contributed by atoms with Gasteiger partial charge in [-0.05, 0) is 29.8 Å². The van der Waals surface area contributed by atoms with Gasteiger partial charge in [-0.2, -0.15) is 0 Å². The molecule has 1 amide bonds. The lowest BCUT2D eigenvalue weighted by molar-refractivity contribution is -0.115.